The Morgan fingerprint density at radius 2 is 1.94 bits per heavy atom. The van der Waals surface area contributed by atoms with E-state index >= 15 is 0 Å². The zero-order valence-electron chi connectivity index (χ0n) is 9.04. The molecule has 3 N–H and O–H groups in total. The number of rotatable bonds is 3. The third-order valence-electron chi connectivity index (χ3n) is 2.01. The second-order valence-corrected chi connectivity index (χ2v) is 5.09. The van der Waals surface area contributed by atoms with Crippen molar-refractivity contribution in [1.82, 2.24) is 10.2 Å². The van der Waals surface area contributed by atoms with Crippen LogP contribution in [0.15, 0.2) is 30.3 Å². The van der Waals surface area contributed by atoms with Crippen molar-refractivity contribution >= 4 is 15.9 Å². The first-order chi connectivity index (χ1) is 7.94. The average molecular weight is 253 g/mol. The van der Waals surface area contributed by atoms with E-state index in [4.69, 9.17) is 9.92 Å². The van der Waals surface area contributed by atoms with E-state index in [-0.39, 0.29) is 5.75 Å². The fraction of sp³-hybridized carbons (Fsp3) is 0.100. The van der Waals surface area contributed by atoms with Gasteiger partial charge in [-0.1, -0.05) is 0 Å². The highest BCUT2D eigenvalue weighted by Crippen LogP contribution is 2.22. The van der Waals surface area contributed by atoms with Gasteiger partial charge in [-0.3, -0.25) is 5.10 Å². The fourth-order valence-electron chi connectivity index (χ4n) is 1.35. The van der Waals surface area contributed by atoms with Gasteiger partial charge >= 0.3 is 10.1 Å². The molecule has 1 heterocycles. The highest BCUT2D eigenvalue weighted by Gasteiger charge is 2.05. The van der Waals surface area contributed by atoms with Gasteiger partial charge in [0.2, 0.25) is 0 Å². The minimum atomic E-state index is -3.49. The molecule has 2 rings (SSSR count). The summed E-state index contributed by atoms with van der Waals surface area (Å²) in [4.78, 5) is 0. The number of hydrogen-bond acceptors (Lipinski definition) is 5. The molecule has 2 aromatic rings. The van der Waals surface area contributed by atoms with Crippen LogP contribution in [0, 0.1) is 0 Å². The van der Waals surface area contributed by atoms with E-state index in [0.29, 0.717) is 5.82 Å². The summed E-state index contributed by atoms with van der Waals surface area (Å²) in [5.74, 6) is 0.667. The number of nitrogens with two attached hydrogens (primary N) is 1. The fourth-order valence-corrected chi connectivity index (χ4v) is 1.81. The van der Waals surface area contributed by atoms with Crippen molar-refractivity contribution in [3.63, 3.8) is 0 Å². The lowest BCUT2D eigenvalue weighted by Crippen LogP contribution is -2.05. The molecular weight excluding hydrogens is 242 g/mol. The van der Waals surface area contributed by atoms with Gasteiger partial charge in [-0.25, -0.2) is 0 Å². The molecule has 0 amide bonds. The van der Waals surface area contributed by atoms with Crippen molar-refractivity contribution in [2.24, 2.45) is 0 Å². The summed E-state index contributed by atoms with van der Waals surface area (Å²) in [5, 5.41) is 6.56. The van der Waals surface area contributed by atoms with Crippen LogP contribution < -0.4 is 9.92 Å². The lowest BCUT2D eigenvalue weighted by Gasteiger charge is -2.03. The minimum Gasteiger partial charge on any atom is -0.383 e. The Labute approximate surface area is 98.5 Å². The van der Waals surface area contributed by atoms with Crippen LogP contribution in [0.1, 0.15) is 0 Å². The molecule has 0 bridgehead atoms. The Morgan fingerprint density at radius 1 is 1.29 bits per heavy atom. The second kappa shape index (κ2) is 4.10. The van der Waals surface area contributed by atoms with E-state index in [1.807, 2.05) is 0 Å². The third kappa shape index (κ3) is 2.97. The van der Waals surface area contributed by atoms with Crippen LogP contribution in [0.4, 0.5) is 5.82 Å². The Kier molecular flexibility index (Phi) is 2.76. The zero-order chi connectivity index (χ0) is 12.5. The van der Waals surface area contributed by atoms with E-state index in [2.05, 4.69) is 10.2 Å². The van der Waals surface area contributed by atoms with Gasteiger partial charge in [0.15, 0.2) is 0 Å². The van der Waals surface area contributed by atoms with Crippen molar-refractivity contribution in [3.8, 4) is 17.0 Å². The molecule has 0 aliphatic carbocycles. The highest BCUT2D eigenvalue weighted by molar-refractivity contribution is 7.86. The number of aromatic amines is 1. The maximum Gasteiger partial charge on any atom is 0.306 e. The van der Waals surface area contributed by atoms with Crippen LogP contribution in [0.3, 0.4) is 0 Å². The van der Waals surface area contributed by atoms with Crippen LogP contribution in [-0.4, -0.2) is 24.9 Å². The van der Waals surface area contributed by atoms with E-state index in [0.717, 1.165) is 17.5 Å². The molecule has 90 valence electrons. The van der Waals surface area contributed by atoms with Crippen molar-refractivity contribution < 1.29 is 12.6 Å². The summed E-state index contributed by atoms with van der Waals surface area (Å²) >= 11 is 0. The third-order valence-corrected chi connectivity index (χ3v) is 2.51. The number of nitrogens with one attached hydrogen (secondary N) is 1. The first-order valence-electron chi connectivity index (χ1n) is 4.75. The predicted octanol–water partition coefficient (Wildman–Crippen LogP) is 0.997. The van der Waals surface area contributed by atoms with Gasteiger partial charge in [-0.2, -0.15) is 13.5 Å². The van der Waals surface area contributed by atoms with Crippen LogP contribution in [0.25, 0.3) is 11.3 Å². The molecule has 7 heteroatoms. The molecule has 0 radical (unpaired) electrons. The van der Waals surface area contributed by atoms with Gasteiger partial charge in [0.1, 0.15) is 11.6 Å². The largest absolute Gasteiger partial charge is 0.383 e. The van der Waals surface area contributed by atoms with Crippen LogP contribution >= 0.6 is 0 Å². The van der Waals surface area contributed by atoms with Crippen molar-refractivity contribution in [3.05, 3.63) is 30.3 Å². The molecule has 1 aromatic carbocycles. The summed E-state index contributed by atoms with van der Waals surface area (Å²) in [6.45, 7) is 0. The van der Waals surface area contributed by atoms with Gasteiger partial charge in [0, 0.05) is 6.07 Å². The van der Waals surface area contributed by atoms with E-state index in [1.165, 1.54) is 0 Å². The average Bonchev–Trinajstić information content (AvgIpc) is 2.63. The molecule has 17 heavy (non-hydrogen) atoms. The van der Waals surface area contributed by atoms with Crippen LogP contribution in [0.2, 0.25) is 0 Å². The maximum absolute atomic E-state index is 10.9. The van der Waals surface area contributed by atoms with Crippen molar-refractivity contribution in [1.29, 1.82) is 0 Å². The first kappa shape index (κ1) is 11.5. The van der Waals surface area contributed by atoms with Gasteiger partial charge in [0.05, 0.1) is 11.9 Å². The number of aromatic nitrogens is 2. The van der Waals surface area contributed by atoms with E-state index in [9.17, 15) is 8.42 Å². The lowest BCUT2D eigenvalue weighted by atomic mass is 10.1. The Bertz CT molecular complexity index is 617. The normalized spacial score (nSPS) is 11.4. The van der Waals surface area contributed by atoms with E-state index < -0.39 is 10.1 Å². The summed E-state index contributed by atoms with van der Waals surface area (Å²) in [5.41, 5.74) is 7.08. The molecule has 0 unspecified atom stereocenters. The smallest absolute Gasteiger partial charge is 0.306 e. The molecule has 0 saturated heterocycles. The molecule has 0 aliphatic rings. The van der Waals surface area contributed by atoms with E-state index in [1.54, 1.807) is 30.3 Å². The number of nitrogens with zero attached hydrogens (tertiary/aromatic N) is 1. The molecule has 1 aromatic heterocycles. The molecule has 0 spiro atoms. The lowest BCUT2D eigenvalue weighted by molar-refractivity contribution is 0.493. The minimum absolute atomic E-state index is 0.267. The Hall–Kier alpha value is -2.02. The van der Waals surface area contributed by atoms with Crippen LogP contribution in [-0.2, 0) is 10.1 Å². The number of anilines is 1. The van der Waals surface area contributed by atoms with Crippen molar-refractivity contribution in [2.75, 3.05) is 12.0 Å². The maximum atomic E-state index is 10.9. The van der Waals surface area contributed by atoms with Gasteiger partial charge in [-0.15, -0.1) is 0 Å². The molecule has 0 saturated carbocycles. The molecule has 0 atom stereocenters. The first-order valence-corrected chi connectivity index (χ1v) is 6.56. The summed E-state index contributed by atoms with van der Waals surface area (Å²) in [6.07, 6.45) is 0.997. The monoisotopic (exact) mass is 253 g/mol. The molecule has 0 aliphatic heterocycles. The number of benzene rings is 1. The van der Waals surface area contributed by atoms with Crippen molar-refractivity contribution in [2.45, 2.75) is 0 Å². The van der Waals surface area contributed by atoms with Gasteiger partial charge < -0.3 is 9.92 Å². The Balaban J connectivity index is 2.24. The zero-order valence-corrected chi connectivity index (χ0v) is 9.86. The summed E-state index contributed by atoms with van der Waals surface area (Å²) < 4.78 is 26.5. The summed E-state index contributed by atoms with van der Waals surface area (Å²) in [7, 11) is -3.49. The molecule has 6 nitrogen and oxygen atoms in total. The second-order valence-electron chi connectivity index (χ2n) is 3.52. The number of nitrogen functional groups attached to an aromatic ring is 1. The summed E-state index contributed by atoms with van der Waals surface area (Å²) in [6, 6.07) is 8.24. The predicted molar refractivity (Wildman–Crippen MR) is 63.9 cm³/mol. The highest BCUT2D eigenvalue weighted by atomic mass is 32.2. The van der Waals surface area contributed by atoms with Crippen LogP contribution in [0.5, 0.6) is 5.75 Å². The quantitative estimate of drug-likeness (QED) is 0.795. The number of hydrogen-bond donors (Lipinski definition) is 2. The number of H-pyrrole nitrogens is 1. The van der Waals surface area contributed by atoms with Gasteiger partial charge in [-0.05, 0) is 29.8 Å². The Morgan fingerprint density at radius 3 is 2.41 bits per heavy atom. The molecule has 0 fully saturated rings. The topological polar surface area (TPSA) is 98.1 Å². The SMILES string of the molecule is CS(=O)(=O)Oc1ccc(-c2cc(N)n[nH]2)cc1. The molecular formula is C10H11N3O3S. The standard InChI is InChI=1S/C10H11N3O3S/c1-17(14,15)16-8-4-2-7(3-5-8)9-6-10(11)13-12-9/h2-6H,1H3,(H3,11,12,13). The van der Waals surface area contributed by atoms with Gasteiger partial charge in [0.25, 0.3) is 0 Å².